The number of allylic oxidation sites excluding steroid dienone is 4. The molecule has 0 heterocycles. The second kappa shape index (κ2) is 67.4. The highest BCUT2D eigenvalue weighted by Gasteiger charge is 2.19. The lowest BCUT2D eigenvalue weighted by Gasteiger charge is -2.18. The first kappa shape index (κ1) is 75.9. The van der Waals surface area contributed by atoms with Gasteiger partial charge in [-0.2, -0.15) is 0 Å². The number of hydrogen-bond donors (Lipinski definition) is 0. The van der Waals surface area contributed by atoms with E-state index in [0.717, 1.165) is 77.0 Å². The monoisotopic (exact) mass is 1100 g/mol. The number of esters is 3. The van der Waals surface area contributed by atoms with Crippen LogP contribution in [0.1, 0.15) is 400 Å². The molecule has 1 atom stereocenters. The molecule has 0 aromatic carbocycles. The van der Waals surface area contributed by atoms with Crippen molar-refractivity contribution in [3.8, 4) is 0 Å². The predicted molar refractivity (Wildman–Crippen MR) is 340 cm³/mol. The van der Waals surface area contributed by atoms with Gasteiger partial charge in [0.25, 0.3) is 0 Å². The fourth-order valence-electron chi connectivity index (χ4n) is 10.9. The normalized spacial score (nSPS) is 12.1. The zero-order chi connectivity index (χ0) is 56.4. The van der Waals surface area contributed by atoms with Gasteiger partial charge in [0.1, 0.15) is 13.2 Å². The summed E-state index contributed by atoms with van der Waals surface area (Å²) >= 11 is 0. The number of carbonyl (C=O) groups excluding carboxylic acids is 3. The highest BCUT2D eigenvalue weighted by atomic mass is 16.6. The lowest BCUT2D eigenvalue weighted by atomic mass is 10.0. The SMILES string of the molecule is CCCCCC/C=C\C/C=C\CCCCCCCC(=O)OC(COC(=O)CCCCCCCCCCCCCCCC)COC(=O)CCCCCCCCCCCCCCCCCCCCCCCCCCCCCCCC. The van der Waals surface area contributed by atoms with Crippen LogP contribution in [-0.4, -0.2) is 37.2 Å². The van der Waals surface area contributed by atoms with Crippen molar-refractivity contribution in [3.63, 3.8) is 0 Å². The highest BCUT2D eigenvalue weighted by Crippen LogP contribution is 2.19. The summed E-state index contributed by atoms with van der Waals surface area (Å²) in [6, 6.07) is 0. The van der Waals surface area contributed by atoms with E-state index in [4.69, 9.17) is 14.2 Å². The average molecular weight is 1100 g/mol. The van der Waals surface area contributed by atoms with Crippen LogP contribution < -0.4 is 0 Å². The van der Waals surface area contributed by atoms with Gasteiger partial charge < -0.3 is 14.2 Å². The molecule has 6 heteroatoms. The van der Waals surface area contributed by atoms with E-state index in [0.29, 0.717) is 19.3 Å². The predicted octanol–water partition coefficient (Wildman–Crippen LogP) is 24.2. The second-order valence-corrected chi connectivity index (χ2v) is 24.2. The zero-order valence-corrected chi connectivity index (χ0v) is 53.0. The molecule has 0 aromatic heterocycles. The number of hydrogen-bond acceptors (Lipinski definition) is 6. The molecule has 0 N–H and O–H groups in total. The van der Waals surface area contributed by atoms with Crippen LogP contribution in [0.5, 0.6) is 0 Å². The molecule has 6 nitrogen and oxygen atoms in total. The summed E-state index contributed by atoms with van der Waals surface area (Å²) in [4.78, 5) is 38.4. The fourth-order valence-corrected chi connectivity index (χ4v) is 10.9. The van der Waals surface area contributed by atoms with Crippen molar-refractivity contribution < 1.29 is 28.6 Å². The maximum Gasteiger partial charge on any atom is 0.306 e. The van der Waals surface area contributed by atoms with Crippen molar-refractivity contribution in [2.45, 2.75) is 406 Å². The molecule has 0 radical (unpaired) electrons. The number of carbonyl (C=O) groups is 3. The van der Waals surface area contributed by atoms with Gasteiger partial charge in [-0.05, 0) is 51.4 Å². The Hall–Kier alpha value is -2.11. The third kappa shape index (κ3) is 64.7. The molecular formula is C72H136O6. The van der Waals surface area contributed by atoms with Crippen molar-refractivity contribution in [2.75, 3.05) is 13.2 Å². The van der Waals surface area contributed by atoms with Gasteiger partial charge in [0, 0.05) is 19.3 Å². The number of unbranched alkanes of at least 4 members (excludes halogenated alkanes) is 51. The second-order valence-electron chi connectivity index (χ2n) is 24.2. The molecule has 78 heavy (non-hydrogen) atoms. The van der Waals surface area contributed by atoms with E-state index in [9.17, 15) is 14.4 Å². The molecular weight excluding hydrogens is 961 g/mol. The Bertz CT molecular complexity index is 1260. The lowest BCUT2D eigenvalue weighted by molar-refractivity contribution is -0.167. The maximum absolute atomic E-state index is 12.9. The van der Waals surface area contributed by atoms with E-state index < -0.39 is 6.10 Å². The van der Waals surface area contributed by atoms with Gasteiger partial charge in [0.2, 0.25) is 0 Å². The Morgan fingerprint density at radius 2 is 0.462 bits per heavy atom. The van der Waals surface area contributed by atoms with Crippen LogP contribution in [-0.2, 0) is 28.6 Å². The van der Waals surface area contributed by atoms with E-state index in [-0.39, 0.29) is 31.1 Å². The molecule has 460 valence electrons. The standard InChI is InChI=1S/C72H136O6/c1-4-7-10-13-16-19-22-25-28-30-31-32-33-34-35-36-37-38-39-40-41-42-43-45-47-50-53-56-59-62-65-71(74)77-68-69(67-76-70(73)64-61-58-55-52-49-46-27-24-21-18-15-12-9-6-3)78-72(75)66-63-60-57-54-51-48-44-29-26-23-20-17-14-11-8-5-2/h20,23,29,44,69H,4-19,21-22,24-28,30-43,45-68H2,1-3H3/b23-20-,44-29-. The minimum Gasteiger partial charge on any atom is -0.462 e. The summed E-state index contributed by atoms with van der Waals surface area (Å²) in [7, 11) is 0. The molecule has 0 fully saturated rings. The van der Waals surface area contributed by atoms with Crippen molar-refractivity contribution in [2.24, 2.45) is 0 Å². The van der Waals surface area contributed by atoms with Gasteiger partial charge in [-0.1, -0.05) is 353 Å². The number of rotatable bonds is 66. The van der Waals surface area contributed by atoms with Gasteiger partial charge in [0.15, 0.2) is 6.10 Å². The highest BCUT2D eigenvalue weighted by molar-refractivity contribution is 5.71. The molecule has 0 rings (SSSR count). The summed E-state index contributed by atoms with van der Waals surface area (Å²) in [5.41, 5.74) is 0. The summed E-state index contributed by atoms with van der Waals surface area (Å²) in [6.07, 6.45) is 82.2. The largest absolute Gasteiger partial charge is 0.462 e. The first-order valence-corrected chi connectivity index (χ1v) is 35.3. The van der Waals surface area contributed by atoms with Crippen LogP contribution in [0.15, 0.2) is 24.3 Å². The maximum atomic E-state index is 12.9. The third-order valence-electron chi connectivity index (χ3n) is 16.2. The van der Waals surface area contributed by atoms with Crippen LogP contribution in [0.2, 0.25) is 0 Å². The topological polar surface area (TPSA) is 78.9 Å². The molecule has 0 saturated heterocycles. The average Bonchev–Trinajstić information content (AvgIpc) is 3.44. The van der Waals surface area contributed by atoms with E-state index in [1.165, 1.54) is 283 Å². The number of ether oxygens (including phenoxy) is 3. The van der Waals surface area contributed by atoms with E-state index >= 15 is 0 Å². The molecule has 0 aliphatic rings. The van der Waals surface area contributed by atoms with Gasteiger partial charge in [-0.3, -0.25) is 14.4 Å². The van der Waals surface area contributed by atoms with Crippen LogP contribution in [0, 0.1) is 0 Å². The quantitative estimate of drug-likeness (QED) is 0.0261. The van der Waals surface area contributed by atoms with Crippen LogP contribution in [0.4, 0.5) is 0 Å². The van der Waals surface area contributed by atoms with Crippen molar-refractivity contribution >= 4 is 17.9 Å². The Morgan fingerprint density at radius 1 is 0.256 bits per heavy atom. The van der Waals surface area contributed by atoms with Gasteiger partial charge in [0.05, 0.1) is 0 Å². The smallest absolute Gasteiger partial charge is 0.306 e. The fraction of sp³-hybridized carbons (Fsp3) is 0.903. The summed E-state index contributed by atoms with van der Waals surface area (Å²) in [5.74, 6) is -0.854. The summed E-state index contributed by atoms with van der Waals surface area (Å²) in [6.45, 7) is 6.69. The van der Waals surface area contributed by atoms with Gasteiger partial charge in [-0.15, -0.1) is 0 Å². The van der Waals surface area contributed by atoms with Gasteiger partial charge in [-0.25, -0.2) is 0 Å². The van der Waals surface area contributed by atoms with Gasteiger partial charge >= 0.3 is 17.9 Å². The Balaban J connectivity index is 4.14. The Morgan fingerprint density at radius 3 is 0.718 bits per heavy atom. The van der Waals surface area contributed by atoms with Crippen molar-refractivity contribution in [1.29, 1.82) is 0 Å². The van der Waals surface area contributed by atoms with E-state index in [2.05, 4.69) is 45.1 Å². The third-order valence-corrected chi connectivity index (χ3v) is 16.2. The molecule has 0 amide bonds. The van der Waals surface area contributed by atoms with E-state index in [1.54, 1.807) is 0 Å². The minimum atomic E-state index is -0.775. The molecule has 0 saturated carbocycles. The van der Waals surface area contributed by atoms with Crippen LogP contribution >= 0.6 is 0 Å². The molecule has 0 bridgehead atoms. The zero-order valence-electron chi connectivity index (χ0n) is 53.0. The summed E-state index contributed by atoms with van der Waals surface area (Å²) in [5, 5.41) is 0. The van der Waals surface area contributed by atoms with E-state index in [1.807, 2.05) is 0 Å². The first-order chi connectivity index (χ1) is 38.5. The minimum absolute atomic E-state index is 0.0709. The molecule has 0 aliphatic heterocycles. The van der Waals surface area contributed by atoms with Crippen molar-refractivity contribution in [1.82, 2.24) is 0 Å². The van der Waals surface area contributed by atoms with Crippen LogP contribution in [0.3, 0.4) is 0 Å². The Labute approximate surface area is 487 Å². The van der Waals surface area contributed by atoms with Crippen molar-refractivity contribution in [3.05, 3.63) is 24.3 Å². The first-order valence-electron chi connectivity index (χ1n) is 35.3. The molecule has 0 aliphatic carbocycles. The Kier molecular flexibility index (Phi) is 65.6. The van der Waals surface area contributed by atoms with Crippen LogP contribution in [0.25, 0.3) is 0 Å². The molecule has 1 unspecified atom stereocenters. The lowest BCUT2D eigenvalue weighted by Crippen LogP contribution is -2.30. The summed E-state index contributed by atoms with van der Waals surface area (Å²) < 4.78 is 17.0. The molecule has 0 spiro atoms. The molecule has 0 aromatic rings.